The predicted octanol–water partition coefficient (Wildman–Crippen LogP) is -2.02. The van der Waals surface area contributed by atoms with Crippen LogP contribution in [0.1, 0.15) is 6.42 Å². The molecule has 0 bridgehead atoms. The van der Waals surface area contributed by atoms with E-state index in [0.717, 1.165) is 0 Å². The molecule has 0 saturated carbocycles. The van der Waals surface area contributed by atoms with Crippen LogP contribution in [-0.2, 0) is 14.3 Å². The molecule has 1 fully saturated rings. The Balaban J connectivity index is 2.71. The summed E-state index contributed by atoms with van der Waals surface area (Å²) < 4.78 is 5.15. The van der Waals surface area contributed by atoms with Crippen molar-refractivity contribution in [3.05, 3.63) is 0 Å². The van der Waals surface area contributed by atoms with E-state index in [0.29, 0.717) is 0 Å². The first-order valence-electron chi connectivity index (χ1n) is 6.21. The highest BCUT2D eigenvalue weighted by molar-refractivity contribution is 5.89. The number of aliphatic hydroxyl groups excluding tert-OH is 1. The number of ether oxygens (including phenoxy) is 1. The maximum absolute atomic E-state index is 12.1. The third kappa shape index (κ3) is 4.07. The van der Waals surface area contributed by atoms with Gasteiger partial charge in [0.2, 0.25) is 5.91 Å². The van der Waals surface area contributed by atoms with Crippen LogP contribution in [0.25, 0.3) is 0 Å². The van der Waals surface area contributed by atoms with E-state index in [2.05, 4.69) is 10.6 Å². The van der Waals surface area contributed by atoms with E-state index in [-0.39, 0.29) is 38.7 Å². The molecule has 1 saturated heterocycles. The lowest BCUT2D eigenvalue weighted by Crippen LogP contribution is -2.59. The SMILES string of the molecule is CNC(=O)C1COCCN1C(=O)NC(CCO)C(=O)O. The molecule has 4 N–H and O–H groups in total. The highest BCUT2D eigenvalue weighted by atomic mass is 16.5. The smallest absolute Gasteiger partial charge is 0.326 e. The molecule has 0 spiro atoms. The number of likely N-dealkylation sites (N-methyl/N-ethyl adjacent to an activating group) is 1. The number of carboxylic acids is 1. The van der Waals surface area contributed by atoms with Crippen molar-refractivity contribution in [2.45, 2.75) is 18.5 Å². The molecule has 9 nitrogen and oxygen atoms in total. The molecule has 2 atom stereocenters. The molecule has 0 aromatic heterocycles. The van der Waals surface area contributed by atoms with Crippen molar-refractivity contribution in [3.8, 4) is 0 Å². The first-order chi connectivity index (χ1) is 9.51. The first kappa shape index (κ1) is 16.2. The molecule has 1 aliphatic heterocycles. The molecular weight excluding hydrogens is 270 g/mol. The Hall–Kier alpha value is -1.87. The Morgan fingerprint density at radius 3 is 2.70 bits per heavy atom. The van der Waals surface area contributed by atoms with Crippen molar-refractivity contribution in [1.29, 1.82) is 0 Å². The van der Waals surface area contributed by atoms with Crippen LogP contribution in [0.15, 0.2) is 0 Å². The highest BCUT2D eigenvalue weighted by Crippen LogP contribution is 2.08. The second-order valence-electron chi connectivity index (χ2n) is 4.25. The molecule has 9 heteroatoms. The second kappa shape index (κ2) is 7.65. The lowest BCUT2D eigenvalue weighted by molar-refractivity contribution is -0.139. The summed E-state index contributed by atoms with van der Waals surface area (Å²) in [7, 11) is 1.44. The molecule has 0 aromatic carbocycles. The van der Waals surface area contributed by atoms with Gasteiger partial charge in [0.15, 0.2) is 0 Å². The summed E-state index contributed by atoms with van der Waals surface area (Å²) in [6, 6.07) is -2.65. The summed E-state index contributed by atoms with van der Waals surface area (Å²) in [6.07, 6.45) is -0.101. The quantitative estimate of drug-likeness (QED) is 0.462. The van der Waals surface area contributed by atoms with Gasteiger partial charge in [-0.2, -0.15) is 0 Å². The molecule has 114 valence electrons. The summed E-state index contributed by atoms with van der Waals surface area (Å²) >= 11 is 0. The van der Waals surface area contributed by atoms with E-state index in [9.17, 15) is 14.4 Å². The van der Waals surface area contributed by atoms with Crippen molar-refractivity contribution < 1.29 is 29.3 Å². The fraction of sp³-hybridized carbons (Fsp3) is 0.727. The molecule has 1 heterocycles. The van der Waals surface area contributed by atoms with Gasteiger partial charge in [0.05, 0.1) is 13.2 Å². The Labute approximate surface area is 115 Å². The highest BCUT2D eigenvalue weighted by Gasteiger charge is 2.33. The van der Waals surface area contributed by atoms with E-state index in [1.165, 1.54) is 11.9 Å². The Morgan fingerprint density at radius 2 is 2.15 bits per heavy atom. The van der Waals surface area contributed by atoms with Crippen molar-refractivity contribution in [2.75, 3.05) is 33.4 Å². The van der Waals surface area contributed by atoms with Gasteiger partial charge in [-0.1, -0.05) is 0 Å². The van der Waals surface area contributed by atoms with Gasteiger partial charge >= 0.3 is 12.0 Å². The predicted molar refractivity (Wildman–Crippen MR) is 67.0 cm³/mol. The molecule has 20 heavy (non-hydrogen) atoms. The van der Waals surface area contributed by atoms with Gasteiger partial charge in [-0.05, 0) is 0 Å². The number of rotatable bonds is 5. The molecular formula is C11H19N3O6. The minimum atomic E-state index is -1.24. The van der Waals surface area contributed by atoms with E-state index in [4.69, 9.17) is 14.9 Å². The lowest BCUT2D eigenvalue weighted by atomic mass is 10.2. The van der Waals surface area contributed by atoms with Crippen LogP contribution in [0.3, 0.4) is 0 Å². The Bertz CT molecular complexity index is 375. The number of morpholine rings is 1. The van der Waals surface area contributed by atoms with E-state index in [1.54, 1.807) is 0 Å². The van der Waals surface area contributed by atoms with E-state index < -0.39 is 24.1 Å². The number of hydrogen-bond donors (Lipinski definition) is 4. The molecule has 2 unspecified atom stereocenters. The number of carbonyl (C=O) groups excluding carboxylic acids is 2. The normalized spacial score (nSPS) is 20.1. The van der Waals surface area contributed by atoms with Crippen LogP contribution >= 0.6 is 0 Å². The van der Waals surface area contributed by atoms with Gasteiger partial charge in [-0.3, -0.25) is 4.79 Å². The van der Waals surface area contributed by atoms with Crippen LogP contribution in [0, 0.1) is 0 Å². The van der Waals surface area contributed by atoms with Crippen LogP contribution in [-0.4, -0.2) is 78.5 Å². The molecule has 1 rings (SSSR count). The number of carbonyl (C=O) groups is 3. The number of urea groups is 1. The van der Waals surface area contributed by atoms with Crippen molar-refractivity contribution >= 4 is 17.9 Å². The van der Waals surface area contributed by atoms with E-state index >= 15 is 0 Å². The van der Waals surface area contributed by atoms with Crippen LogP contribution in [0.2, 0.25) is 0 Å². The second-order valence-corrected chi connectivity index (χ2v) is 4.25. The number of hydrogen-bond acceptors (Lipinski definition) is 5. The fourth-order valence-electron chi connectivity index (χ4n) is 1.85. The largest absolute Gasteiger partial charge is 0.480 e. The standard InChI is InChI=1S/C11H19N3O6/c1-12-9(16)8-6-20-5-3-14(8)11(19)13-7(2-4-15)10(17)18/h7-8,15H,2-6H2,1H3,(H,12,16)(H,13,19)(H,17,18). The molecule has 0 aromatic rings. The van der Waals surface area contributed by atoms with Crippen molar-refractivity contribution in [2.24, 2.45) is 0 Å². The number of nitrogens with one attached hydrogen (secondary N) is 2. The van der Waals surface area contributed by atoms with Gasteiger partial charge in [0.25, 0.3) is 0 Å². The maximum atomic E-state index is 12.1. The van der Waals surface area contributed by atoms with Crippen LogP contribution in [0.5, 0.6) is 0 Å². The Kier molecular flexibility index (Phi) is 6.19. The number of amides is 3. The lowest BCUT2D eigenvalue weighted by Gasteiger charge is -2.34. The maximum Gasteiger partial charge on any atom is 0.326 e. The Morgan fingerprint density at radius 1 is 1.45 bits per heavy atom. The first-order valence-corrected chi connectivity index (χ1v) is 6.21. The topological polar surface area (TPSA) is 128 Å². The molecule has 1 aliphatic rings. The zero-order valence-electron chi connectivity index (χ0n) is 11.2. The van der Waals surface area contributed by atoms with Gasteiger partial charge < -0.3 is 30.5 Å². The summed E-state index contributed by atoms with van der Waals surface area (Å²) in [6.45, 7) is 0.165. The molecule has 0 radical (unpaired) electrons. The zero-order valence-corrected chi connectivity index (χ0v) is 11.2. The number of carboxylic acid groups (broad SMARTS) is 1. The summed E-state index contributed by atoms with van der Waals surface area (Å²) in [5, 5.41) is 22.4. The van der Waals surface area contributed by atoms with Gasteiger partial charge in [0, 0.05) is 26.6 Å². The minimum Gasteiger partial charge on any atom is -0.480 e. The van der Waals surface area contributed by atoms with Gasteiger partial charge in [-0.25, -0.2) is 9.59 Å². The molecule has 3 amide bonds. The number of aliphatic hydroxyl groups is 1. The number of aliphatic carboxylic acids is 1. The van der Waals surface area contributed by atoms with Crippen molar-refractivity contribution in [3.63, 3.8) is 0 Å². The van der Waals surface area contributed by atoms with E-state index in [1.807, 2.05) is 0 Å². The zero-order chi connectivity index (χ0) is 15.1. The van der Waals surface area contributed by atoms with Gasteiger partial charge in [0.1, 0.15) is 12.1 Å². The molecule has 0 aliphatic carbocycles. The fourth-order valence-corrected chi connectivity index (χ4v) is 1.85. The third-order valence-electron chi connectivity index (χ3n) is 2.95. The van der Waals surface area contributed by atoms with Crippen molar-refractivity contribution in [1.82, 2.24) is 15.5 Å². The average molecular weight is 289 g/mol. The monoisotopic (exact) mass is 289 g/mol. The summed E-state index contributed by atoms with van der Waals surface area (Å²) in [4.78, 5) is 35.9. The van der Waals surface area contributed by atoms with Crippen LogP contribution in [0.4, 0.5) is 4.79 Å². The summed E-state index contributed by atoms with van der Waals surface area (Å²) in [5.74, 6) is -1.62. The average Bonchev–Trinajstić information content (AvgIpc) is 2.45. The third-order valence-corrected chi connectivity index (χ3v) is 2.95. The summed E-state index contributed by atoms with van der Waals surface area (Å²) in [5.41, 5.74) is 0. The minimum absolute atomic E-state index is 0.0603. The van der Waals surface area contributed by atoms with Gasteiger partial charge in [-0.15, -0.1) is 0 Å². The van der Waals surface area contributed by atoms with Crippen LogP contribution < -0.4 is 10.6 Å². The number of nitrogens with zero attached hydrogens (tertiary/aromatic N) is 1.